The van der Waals surface area contributed by atoms with E-state index < -0.39 is 17.3 Å². The van der Waals surface area contributed by atoms with Crippen molar-refractivity contribution in [2.24, 2.45) is 0 Å². The van der Waals surface area contributed by atoms with Crippen LogP contribution in [0.15, 0.2) is 29.1 Å². The molecule has 0 spiro atoms. The summed E-state index contributed by atoms with van der Waals surface area (Å²) in [5, 5.41) is 0.297. The normalized spacial score (nSPS) is 13.7. The van der Waals surface area contributed by atoms with Gasteiger partial charge in [0.2, 0.25) is 0 Å². The zero-order chi connectivity index (χ0) is 14.2. The highest BCUT2D eigenvalue weighted by molar-refractivity contribution is 5.79. The average molecular weight is 269 g/mol. The number of benzene rings is 1. The minimum atomic E-state index is -4.54. The van der Waals surface area contributed by atoms with Crippen molar-refractivity contribution >= 4 is 10.9 Å². The fourth-order valence-electron chi connectivity index (χ4n) is 1.96. The first-order valence-corrected chi connectivity index (χ1v) is 6.07. The zero-order valence-corrected chi connectivity index (χ0v) is 10.6. The van der Waals surface area contributed by atoms with Gasteiger partial charge in [0.05, 0.1) is 0 Å². The summed E-state index contributed by atoms with van der Waals surface area (Å²) in [4.78, 5) is 14.1. The molecule has 0 radical (unpaired) electrons. The fourth-order valence-corrected chi connectivity index (χ4v) is 1.96. The smallest absolute Gasteiger partial charge is 0.351 e. The van der Waals surface area contributed by atoms with Crippen molar-refractivity contribution in [2.75, 3.05) is 0 Å². The highest BCUT2D eigenvalue weighted by Gasteiger charge is 2.32. The number of nitrogens with one attached hydrogen (secondary N) is 1. The Balaban J connectivity index is 2.64. The first-order chi connectivity index (χ1) is 8.82. The Labute approximate surface area is 108 Å². The van der Waals surface area contributed by atoms with E-state index in [0.717, 1.165) is 12.0 Å². The fraction of sp³-hybridized carbons (Fsp3) is 0.357. The van der Waals surface area contributed by atoms with Gasteiger partial charge in [0, 0.05) is 17.0 Å². The molecule has 0 fully saturated rings. The molecule has 1 N–H and O–H groups in total. The van der Waals surface area contributed by atoms with Crippen molar-refractivity contribution in [1.29, 1.82) is 0 Å². The van der Waals surface area contributed by atoms with Crippen LogP contribution in [-0.4, -0.2) is 4.98 Å². The Morgan fingerprint density at radius 2 is 1.95 bits per heavy atom. The summed E-state index contributed by atoms with van der Waals surface area (Å²) in [7, 11) is 0. The molecule has 0 aliphatic rings. The lowest BCUT2D eigenvalue weighted by molar-refractivity contribution is -0.141. The summed E-state index contributed by atoms with van der Waals surface area (Å²) in [6.07, 6.45) is -3.63. The first kappa shape index (κ1) is 13.6. The second-order valence-electron chi connectivity index (χ2n) is 4.66. The molecule has 1 aromatic carbocycles. The summed E-state index contributed by atoms with van der Waals surface area (Å²) in [5.41, 5.74) is -0.445. The van der Waals surface area contributed by atoms with Gasteiger partial charge in [0.15, 0.2) is 5.43 Å². The van der Waals surface area contributed by atoms with E-state index in [0.29, 0.717) is 11.5 Å². The maximum atomic E-state index is 12.6. The third-order valence-electron chi connectivity index (χ3n) is 3.34. The van der Waals surface area contributed by atoms with Crippen LogP contribution in [0.3, 0.4) is 0 Å². The number of hydrogen-bond acceptors (Lipinski definition) is 1. The third kappa shape index (κ3) is 2.64. The summed E-state index contributed by atoms with van der Waals surface area (Å²) in [6, 6.07) is 5.57. The first-order valence-electron chi connectivity index (χ1n) is 6.07. The number of pyridine rings is 1. The van der Waals surface area contributed by atoms with Gasteiger partial charge in [-0.3, -0.25) is 4.79 Å². The molecule has 2 nitrogen and oxygen atoms in total. The van der Waals surface area contributed by atoms with E-state index in [4.69, 9.17) is 0 Å². The number of hydrogen-bond donors (Lipinski definition) is 1. The predicted octanol–water partition coefficient (Wildman–Crippen LogP) is 4.06. The molecule has 5 heteroatoms. The molecule has 102 valence electrons. The molecule has 2 rings (SSSR count). The number of aromatic nitrogens is 1. The third-order valence-corrected chi connectivity index (χ3v) is 3.34. The molecular formula is C14H14F3NO. The number of fused-ring (bicyclic) bond motifs is 1. The lowest BCUT2D eigenvalue weighted by Gasteiger charge is -2.11. The standard InChI is InChI=1S/C14H14F3NO/c1-3-8(2)9-4-5-11-10(6-9)12(19)7-13(18-11)14(15,16)17/h4-8H,3H2,1-2H3,(H,18,19). The lowest BCUT2D eigenvalue weighted by atomic mass is 9.97. The molecule has 1 unspecified atom stereocenters. The Bertz CT molecular complexity index is 658. The summed E-state index contributed by atoms with van der Waals surface area (Å²) >= 11 is 0. The van der Waals surface area contributed by atoms with Crippen LogP contribution in [0.4, 0.5) is 13.2 Å². The van der Waals surface area contributed by atoms with Crippen molar-refractivity contribution in [1.82, 2.24) is 4.98 Å². The van der Waals surface area contributed by atoms with Crippen LogP contribution in [-0.2, 0) is 6.18 Å². The van der Waals surface area contributed by atoms with Gasteiger partial charge in [0.25, 0.3) is 0 Å². The topological polar surface area (TPSA) is 32.9 Å². The number of aromatic amines is 1. The molecular weight excluding hydrogens is 255 g/mol. The van der Waals surface area contributed by atoms with Gasteiger partial charge in [-0.1, -0.05) is 19.9 Å². The molecule has 0 bridgehead atoms. The monoisotopic (exact) mass is 269 g/mol. The molecule has 0 saturated heterocycles. The molecule has 0 amide bonds. The second-order valence-corrected chi connectivity index (χ2v) is 4.66. The van der Waals surface area contributed by atoms with E-state index in [9.17, 15) is 18.0 Å². The van der Waals surface area contributed by atoms with E-state index in [1.807, 2.05) is 13.8 Å². The van der Waals surface area contributed by atoms with Gasteiger partial charge in [0.1, 0.15) is 5.69 Å². The van der Waals surface area contributed by atoms with Gasteiger partial charge in [-0.05, 0) is 30.0 Å². The molecule has 0 aliphatic heterocycles. The predicted molar refractivity (Wildman–Crippen MR) is 68.3 cm³/mol. The summed E-state index contributed by atoms with van der Waals surface area (Å²) in [6.45, 7) is 4.03. The number of halogens is 3. The second kappa shape index (κ2) is 4.72. The quantitative estimate of drug-likeness (QED) is 0.876. The van der Waals surface area contributed by atoms with E-state index >= 15 is 0 Å². The molecule has 1 atom stereocenters. The van der Waals surface area contributed by atoms with Crippen molar-refractivity contribution in [3.8, 4) is 0 Å². The Morgan fingerprint density at radius 3 is 2.53 bits per heavy atom. The largest absolute Gasteiger partial charge is 0.431 e. The van der Waals surface area contributed by atoms with Crippen molar-refractivity contribution < 1.29 is 13.2 Å². The maximum absolute atomic E-state index is 12.6. The summed E-state index contributed by atoms with van der Waals surface area (Å²) in [5.74, 6) is 0.270. The Morgan fingerprint density at radius 1 is 1.26 bits per heavy atom. The van der Waals surface area contributed by atoms with Crippen LogP contribution >= 0.6 is 0 Å². The number of H-pyrrole nitrogens is 1. The van der Waals surface area contributed by atoms with Gasteiger partial charge < -0.3 is 4.98 Å². The molecule has 0 saturated carbocycles. The van der Waals surface area contributed by atoms with E-state index in [1.165, 1.54) is 6.07 Å². The zero-order valence-electron chi connectivity index (χ0n) is 10.6. The van der Waals surface area contributed by atoms with Crippen LogP contribution < -0.4 is 5.43 Å². The number of rotatable bonds is 2. The van der Waals surface area contributed by atoms with Gasteiger partial charge in [-0.25, -0.2) is 0 Å². The highest BCUT2D eigenvalue weighted by atomic mass is 19.4. The SMILES string of the molecule is CCC(C)c1ccc2[nH]c(C(F)(F)F)cc(=O)c2c1. The molecule has 0 aliphatic carbocycles. The summed E-state index contributed by atoms with van der Waals surface area (Å²) < 4.78 is 37.8. The Hall–Kier alpha value is -1.78. The van der Waals surface area contributed by atoms with Crippen molar-refractivity contribution in [3.63, 3.8) is 0 Å². The molecule has 19 heavy (non-hydrogen) atoms. The van der Waals surface area contributed by atoms with Crippen LogP contribution in [0, 0.1) is 0 Å². The van der Waals surface area contributed by atoms with Gasteiger partial charge in [-0.15, -0.1) is 0 Å². The highest BCUT2D eigenvalue weighted by Crippen LogP contribution is 2.28. The van der Waals surface area contributed by atoms with Gasteiger partial charge in [-0.2, -0.15) is 13.2 Å². The Kier molecular flexibility index (Phi) is 3.39. The minimum absolute atomic E-state index is 0.215. The average Bonchev–Trinajstić information content (AvgIpc) is 2.36. The number of alkyl halides is 3. The maximum Gasteiger partial charge on any atom is 0.431 e. The van der Waals surface area contributed by atoms with E-state index in [1.54, 1.807) is 12.1 Å². The van der Waals surface area contributed by atoms with Crippen LogP contribution in [0.1, 0.15) is 37.4 Å². The van der Waals surface area contributed by atoms with E-state index in [2.05, 4.69) is 4.98 Å². The van der Waals surface area contributed by atoms with Crippen LogP contribution in [0.2, 0.25) is 0 Å². The lowest BCUT2D eigenvalue weighted by Crippen LogP contribution is -2.14. The van der Waals surface area contributed by atoms with E-state index in [-0.39, 0.29) is 11.4 Å². The van der Waals surface area contributed by atoms with Crippen LogP contribution in [0.5, 0.6) is 0 Å². The molecule has 1 aromatic heterocycles. The van der Waals surface area contributed by atoms with Crippen molar-refractivity contribution in [2.45, 2.75) is 32.4 Å². The van der Waals surface area contributed by atoms with Crippen molar-refractivity contribution in [3.05, 3.63) is 45.7 Å². The minimum Gasteiger partial charge on any atom is -0.351 e. The molecule has 1 heterocycles. The van der Waals surface area contributed by atoms with Gasteiger partial charge >= 0.3 is 6.18 Å². The molecule has 2 aromatic rings. The van der Waals surface area contributed by atoms with Crippen LogP contribution in [0.25, 0.3) is 10.9 Å².